The zero-order valence-corrected chi connectivity index (χ0v) is 13.7. The van der Waals surface area contributed by atoms with Crippen molar-refractivity contribution in [2.24, 2.45) is 0 Å². The van der Waals surface area contributed by atoms with E-state index in [4.69, 9.17) is 27.9 Å². The van der Waals surface area contributed by atoms with Crippen LogP contribution in [0.15, 0.2) is 53.4 Å². The van der Waals surface area contributed by atoms with Gasteiger partial charge in [-0.05, 0) is 23.8 Å². The molecule has 110 valence electrons. The molecule has 1 unspecified atom stereocenters. The van der Waals surface area contributed by atoms with Gasteiger partial charge in [0.1, 0.15) is 0 Å². The molecule has 2 nitrogen and oxygen atoms in total. The summed E-state index contributed by atoms with van der Waals surface area (Å²) >= 11 is 13.4. The van der Waals surface area contributed by atoms with Crippen molar-refractivity contribution in [2.45, 2.75) is 10.8 Å². The first-order valence-corrected chi connectivity index (χ1v) is 8.06. The van der Waals surface area contributed by atoms with Gasteiger partial charge in [0.05, 0.1) is 23.1 Å². The van der Waals surface area contributed by atoms with E-state index in [0.717, 1.165) is 10.5 Å². The minimum absolute atomic E-state index is 0.242. The molecule has 0 aliphatic rings. The first-order valence-electron chi connectivity index (χ1n) is 6.32. The maximum Gasteiger partial charge on any atom is 0.313 e. The van der Waals surface area contributed by atoms with Crippen molar-refractivity contribution in [2.75, 3.05) is 12.9 Å². The number of carbonyl (C=O) groups excluding carboxylic acids is 1. The maximum absolute atomic E-state index is 12.0. The second-order valence-corrected chi connectivity index (χ2v) is 6.28. The lowest BCUT2D eigenvalue weighted by Crippen LogP contribution is -2.16. The second kappa shape index (κ2) is 7.74. The Morgan fingerprint density at radius 1 is 1.14 bits per heavy atom. The molecule has 0 bridgehead atoms. The minimum Gasteiger partial charge on any atom is -0.469 e. The molecule has 2 aromatic carbocycles. The molecule has 0 heterocycles. The number of hydrogen-bond acceptors (Lipinski definition) is 3. The Labute approximate surface area is 138 Å². The largest absolute Gasteiger partial charge is 0.469 e. The van der Waals surface area contributed by atoms with Gasteiger partial charge >= 0.3 is 5.97 Å². The number of esters is 1. The molecule has 21 heavy (non-hydrogen) atoms. The monoisotopic (exact) mass is 340 g/mol. The Kier molecular flexibility index (Phi) is 5.97. The average Bonchev–Trinajstić information content (AvgIpc) is 2.51. The summed E-state index contributed by atoms with van der Waals surface area (Å²) in [5, 5.41) is 1.03. The molecule has 5 heteroatoms. The predicted octanol–water partition coefficient (Wildman–Crippen LogP) is 5.04. The molecule has 0 aliphatic heterocycles. The molecule has 0 spiro atoms. The molecule has 0 fully saturated rings. The first-order chi connectivity index (χ1) is 10.1. The van der Waals surface area contributed by atoms with Gasteiger partial charge in [-0.2, -0.15) is 0 Å². The Bertz CT molecular complexity index is 617. The van der Waals surface area contributed by atoms with E-state index in [-0.39, 0.29) is 11.9 Å². The number of methoxy groups -OCH3 is 1. The molecule has 0 saturated carbocycles. The molecule has 0 saturated heterocycles. The molecule has 0 amide bonds. The van der Waals surface area contributed by atoms with Gasteiger partial charge < -0.3 is 4.74 Å². The van der Waals surface area contributed by atoms with Gasteiger partial charge in [0.15, 0.2) is 0 Å². The zero-order chi connectivity index (χ0) is 15.2. The van der Waals surface area contributed by atoms with Crippen molar-refractivity contribution >= 4 is 40.9 Å². The van der Waals surface area contributed by atoms with Crippen molar-refractivity contribution in [3.63, 3.8) is 0 Å². The van der Waals surface area contributed by atoms with Gasteiger partial charge in [-0.15, -0.1) is 11.8 Å². The van der Waals surface area contributed by atoms with Gasteiger partial charge in [-0.25, -0.2) is 0 Å². The first kappa shape index (κ1) is 16.2. The maximum atomic E-state index is 12.0. The third-order valence-electron chi connectivity index (χ3n) is 3.00. The average molecular weight is 341 g/mol. The van der Waals surface area contributed by atoms with E-state index in [2.05, 4.69) is 0 Å². The highest BCUT2D eigenvalue weighted by Crippen LogP contribution is 2.31. The van der Waals surface area contributed by atoms with Gasteiger partial charge in [-0.3, -0.25) is 4.79 Å². The number of rotatable bonds is 5. The Morgan fingerprint density at radius 2 is 1.86 bits per heavy atom. The third-order valence-corrected chi connectivity index (χ3v) is 4.82. The number of carbonyl (C=O) groups is 1. The van der Waals surface area contributed by atoms with Gasteiger partial charge in [-0.1, -0.05) is 53.5 Å². The number of benzene rings is 2. The number of halogens is 2. The quantitative estimate of drug-likeness (QED) is 0.563. The summed E-state index contributed by atoms with van der Waals surface area (Å²) in [6.07, 6.45) is 0. The molecule has 0 aromatic heterocycles. The normalized spacial score (nSPS) is 12.0. The molecule has 0 aliphatic carbocycles. The summed E-state index contributed by atoms with van der Waals surface area (Å²) in [6.45, 7) is 0. The smallest absolute Gasteiger partial charge is 0.313 e. The lowest BCUT2D eigenvalue weighted by molar-refractivity contribution is -0.141. The molecule has 0 N–H and O–H groups in total. The topological polar surface area (TPSA) is 26.3 Å². The number of ether oxygens (including phenoxy) is 1. The van der Waals surface area contributed by atoms with Crippen LogP contribution in [0.1, 0.15) is 11.5 Å². The van der Waals surface area contributed by atoms with Gasteiger partial charge in [0.2, 0.25) is 0 Å². The molecule has 2 aromatic rings. The van der Waals surface area contributed by atoms with E-state index in [0.29, 0.717) is 15.8 Å². The SMILES string of the molecule is COC(=O)C(CSc1ccc(Cl)c(Cl)c1)c1ccccc1. The number of hydrogen-bond donors (Lipinski definition) is 0. The van der Waals surface area contributed by atoms with E-state index in [1.54, 1.807) is 23.9 Å². The summed E-state index contributed by atoms with van der Waals surface area (Å²) in [4.78, 5) is 12.9. The highest BCUT2D eigenvalue weighted by atomic mass is 35.5. The van der Waals surface area contributed by atoms with Crippen LogP contribution in [-0.4, -0.2) is 18.8 Å². The van der Waals surface area contributed by atoms with Crippen LogP contribution in [0, 0.1) is 0 Å². The Hall–Kier alpha value is -1.16. The highest BCUT2D eigenvalue weighted by molar-refractivity contribution is 7.99. The summed E-state index contributed by atoms with van der Waals surface area (Å²) in [5.74, 6) is 0.0266. The van der Waals surface area contributed by atoms with Crippen LogP contribution in [0.5, 0.6) is 0 Å². The summed E-state index contributed by atoms with van der Waals surface area (Å²) < 4.78 is 4.90. The van der Waals surface area contributed by atoms with Gasteiger partial charge in [0.25, 0.3) is 0 Å². The van der Waals surface area contributed by atoms with Crippen molar-refractivity contribution < 1.29 is 9.53 Å². The van der Waals surface area contributed by atoms with Crippen LogP contribution in [0.4, 0.5) is 0 Å². The van der Waals surface area contributed by atoms with Crippen molar-refractivity contribution in [1.82, 2.24) is 0 Å². The second-order valence-electron chi connectivity index (χ2n) is 4.37. The standard InChI is InChI=1S/C16H14Cl2O2S/c1-20-16(19)13(11-5-3-2-4-6-11)10-21-12-7-8-14(17)15(18)9-12/h2-9,13H,10H2,1H3. The Balaban J connectivity index is 2.12. The van der Waals surface area contributed by atoms with E-state index < -0.39 is 0 Å². The molecular weight excluding hydrogens is 327 g/mol. The van der Waals surface area contributed by atoms with E-state index >= 15 is 0 Å². The molecule has 1 atom stereocenters. The summed E-state index contributed by atoms with van der Waals surface area (Å²) in [7, 11) is 1.40. The van der Waals surface area contributed by atoms with Crippen LogP contribution in [0.25, 0.3) is 0 Å². The highest BCUT2D eigenvalue weighted by Gasteiger charge is 2.21. The van der Waals surface area contributed by atoms with E-state index in [1.807, 2.05) is 36.4 Å². The lowest BCUT2D eigenvalue weighted by Gasteiger charge is -2.14. The van der Waals surface area contributed by atoms with Crippen LogP contribution in [-0.2, 0) is 9.53 Å². The predicted molar refractivity (Wildman–Crippen MR) is 88.4 cm³/mol. The van der Waals surface area contributed by atoms with Crippen molar-refractivity contribution in [3.8, 4) is 0 Å². The fourth-order valence-corrected chi connectivity index (χ4v) is 3.29. The van der Waals surface area contributed by atoms with Gasteiger partial charge in [0, 0.05) is 10.6 Å². The zero-order valence-electron chi connectivity index (χ0n) is 11.4. The fourth-order valence-electron chi connectivity index (χ4n) is 1.87. The lowest BCUT2D eigenvalue weighted by atomic mass is 10.0. The number of thioether (sulfide) groups is 1. The molecular formula is C16H14Cl2O2S. The summed E-state index contributed by atoms with van der Waals surface area (Å²) in [6, 6.07) is 15.0. The van der Waals surface area contributed by atoms with Crippen LogP contribution in [0.2, 0.25) is 10.0 Å². The Morgan fingerprint density at radius 3 is 2.48 bits per heavy atom. The van der Waals surface area contributed by atoms with Crippen molar-refractivity contribution in [3.05, 3.63) is 64.1 Å². The van der Waals surface area contributed by atoms with E-state index in [9.17, 15) is 4.79 Å². The third kappa shape index (κ3) is 4.40. The fraction of sp³-hybridized carbons (Fsp3) is 0.188. The minimum atomic E-state index is -0.310. The molecule has 0 radical (unpaired) electrons. The van der Waals surface area contributed by atoms with E-state index in [1.165, 1.54) is 7.11 Å². The van der Waals surface area contributed by atoms with Crippen LogP contribution in [0.3, 0.4) is 0 Å². The summed E-state index contributed by atoms with van der Waals surface area (Å²) in [5.41, 5.74) is 0.942. The van der Waals surface area contributed by atoms with Crippen LogP contribution >= 0.6 is 35.0 Å². The molecule has 2 rings (SSSR count). The van der Waals surface area contributed by atoms with Crippen molar-refractivity contribution in [1.29, 1.82) is 0 Å². The van der Waals surface area contributed by atoms with Crippen LogP contribution < -0.4 is 0 Å².